The monoisotopic (exact) mass is 199 g/mol. The molecule has 0 aliphatic rings. The van der Waals surface area contributed by atoms with E-state index in [1.54, 1.807) is 19.1 Å². The van der Waals surface area contributed by atoms with Gasteiger partial charge in [-0.3, -0.25) is 0 Å². The Kier molecular flexibility index (Phi) is 2.63. The van der Waals surface area contributed by atoms with Crippen LogP contribution >= 0.6 is 9.24 Å². The van der Waals surface area contributed by atoms with Gasteiger partial charge in [-0.1, -0.05) is 20.9 Å². The summed E-state index contributed by atoms with van der Waals surface area (Å²) in [6, 6.07) is 6.10. The lowest BCUT2D eigenvalue weighted by molar-refractivity contribution is 0.103. The molecule has 1 atom stereocenters. The van der Waals surface area contributed by atoms with Crippen molar-refractivity contribution in [1.29, 1.82) is 5.26 Å². The number of nitrogens with zero attached hydrogens (tertiary/aromatic N) is 1. The normalized spacial score (nSPS) is 11.0. The second-order valence-corrected chi connectivity index (χ2v) is 3.51. The minimum Gasteiger partial charge on any atom is -0.197 e. The van der Waals surface area contributed by atoms with Gasteiger partial charge in [-0.2, -0.15) is 14.0 Å². The first-order valence-corrected chi connectivity index (χ1v) is 4.21. The third-order valence-electron chi connectivity index (χ3n) is 1.65. The molecule has 68 valence electrons. The Morgan fingerprint density at radius 2 is 2.08 bits per heavy atom. The quantitative estimate of drug-likeness (QED) is 0.638. The summed E-state index contributed by atoms with van der Waals surface area (Å²) in [4.78, 5) is 0. The van der Waals surface area contributed by atoms with Crippen molar-refractivity contribution in [3.8, 4) is 6.07 Å². The van der Waals surface area contributed by atoms with Gasteiger partial charge in [-0.25, -0.2) is 0 Å². The zero-order chi connectivity index (χ0) is 10.1. The summed E-state index contributed by atoms with van der Waals surface area (Å²) in [6.07, 6.45) is 0. The van der Waals surface area contributed by atoms with Crippen LogP contribution in [-0.4, -0.2) is 0 Å². The first-order chi connectivity index (χ1) is 5.95. The van der Waals surface area contributed by atoms with Gasteiger partial charge < -0.3 is 0 Å². The van der Waals surface area contributed by atoms with Crippen LogP contribution in [0.2, 0.25) is 0 Å². The van der Waals surface area contributed by atoms with E-state index in [1.165, 1.54) is 21.4 Å². The van der Waals surface area contributed by atoms with Crippen molar-refractivity contribution in [3.63, 3.8) is 0 Å². The van der Waals surface area contributed by atoms with E-state index < -0.39 is 5.66 Å². The highest BCUT2D eigenvalue weighted by molar-refractivity contribution is 7.17. The maximum Gasteiger partial charge on any atom is 0.285 e. The predicted octanol–water partition coefficient (Wildman–Crippen LogP) is 2.79. The predicted molar refractivity (Wildman–Crippen MR) is 49.5 cm³/mol. The maximum atomic E-state index is 12.9. The van der Waals surface area contributed by atoms with Crippen molar-refractivity contribution in [3.05, 3.63) is 34.9 Å². The van der Waals surface area contributed by atoms with Gasteiger partial charge in [-0.15, -0.1) is 0 Å². The molecule has 0 radical (unpaired) electrons. The molecule has 0 amide bonds. The van der Waals surface area contributed by atoms with Crippen LogP contribution in [0.5, 0.6) is 0 Å². The van der Waals surface area contributed by atoms with Crippen LogP contribution in [-0.2, 0) is 5.66 Å². The average molecular weight is 199 g/mol. The van der Waals surface area contributed by atoms with Crippen molar-refractivity contribution < 1.29 is 8.78 Å². The molecule has 1 aromatic rings. The second kappa shape index (κ2) is 3.40. The van der Waals surface area contributed by atoms with Crippen molar-refractivity contribution in [2.24, 2.45) is 0 Å². The number of rotatable bonds is 1. The molecule has 0 bridgehead atoms. The molecule has 0 saturated carbocycles. The molecule has 1 unspecified atom stereocenters. The Morgan fingerprint density at radius 1 is 1.46 bits per heavy atom. The number of aryl methyl sites for hydroxylation is 1. The molecule has 0 fully saturated rings. The van der Waals surface area contributed by atoms with Crippen molar-refractivity contribution in [2.45, 2.75) is 12.6 Å². The van der Waals surface area contributed by atoms with Crippen LogP contribution in [0.25, 0.3) is 0 Å². The van der Waals surface area contributed by atoms with Crippen molar-refractivity contribution in [2.75, 3.05) is 0 Å². The van der Waals surface area contributed by atoms with Crippen LogP contribution in [0.1, 0.15) is 16.7 Å². The fourth-order valence-electron chi connectivity index (χ4n) is 1.03. The highest BCUT2D eigenvalue weighted by atomic mass is 31.0. The third kappa shape index (κ3) is 2.23. The molecule has 0 saturated heterocycles. The van der Waals surface area contributed by atoms with Crippen LogP contribution in [0.3, 0.4) is 0 Å². The van der Waals surface area contributed by atoms with E-state index in [4.69, 9.17) is 5.26 Å². The standard InChI is InChI=1S/C9H8F2NP/c1-6-2-3-7(5-12)8(4-6)9(10,11)13/h2-4H,13H2,1H3. The van der Waals surface area contributed by atoms with Crippen LogP contribution < -0.4 is 0 Å². The minimum atomic E-state index is -3.03. The van der Waals surface area contributed by atoms with Crippen LogP contribution in [0, 0.1) is 18.3 Å². The molecule has 13 heavy (non-hydrogen) atoms. The Bertz CT molecular complexity index is 363. The number of hydrogen-bond acceptors (Lipinski definition) is 1. The fourth-order valence-corrected chi connectivity index (χ4v) is 1.27. The molecule has 0 aliphatic carbocycles. The fraction of sp³-hybridized carbons (Fsp3) is 0.222. The molecule has 0 heterocycles. The molecule has 0 spiro atoms. The van der Waals surface area contributed by atoms with Gasteiger partial charge >= 0.3 is 0 Å². The first-order valence-electron chi connectivity index (χ1n) is 3.63. The van der Waals surface area contributed by atoms with E-state index in [1.807, 2.05) is 0 Å². The lowest BCUT2D eigenvalue weighted by Crippen LogP contribution is -2.05. The zero-order valence-electron chi connectivity index (χ0n) is 7.01. The first kappa shape index (κ1) is 10.1. The molecule has 0 aromatic heterocycles. The topological polar surface area (TPSA) is 23.8 Å². The molecular weight excluding hydrogens is 191 g/mol. The molecule has 1 aromatic carbocycles. The highest BCUT2D eigenvalue weighted by Crippen LogP contribution is 2.36. The Balaban J connectivity index is 3.35. The van der Waals surface area contributed by atoms with Gasteiger partial charge in [0.05, 0.1) is 11.6 Å². The van der Waals surface area contributed by atoms with Crippen molar-refractivity contribution in [1.82, 2.24) is 0 Å². The molecule has 0 N–H and O–H groups in total. The van der Waals surface area contributed by atoms with Gasteiger partial charge in [0.2, 0.25) is 0 Å². The number of hydrogen-bond donors (Lipinski definition) is 0. The van der Waals surface area contributed by atoms with Gasteiger partial charge in [0.1, 0.15) is 0 Å². The lowest BCUT2D eigenvalue weighted by Gasteiger charge is -2.12. The van der Waals surface area contributed by atoms with Crippen LogP contribution in [0.15, 0.2) is 18.2 Å². The summed E-state index contributed by atoms with van der Waals surface area (Å²) >= 11 is 0. The van der Waals surface area contributed by atoms with Gasteiger partial charge in [0.25, 0.3) is 5.66 Å². The van der Waals surface area contributed by atoms with Crippen LogP contribution in [0.4, 0.5) is 8.78 Å². The van der Waals surface area contributed by atoms with Gasteiger partial charge in [0, 0.05) is 5.56 Å². The smallest absolute Gasteiger partial charge is 0.197 e. The van der Waals surface area contributed by atoms with E-state index in [2.05, 4.69) is 0 Å². The lowest BCUT2D eigenvalue weighted by atomic mass is 10.1. The summed E-state index contributed by atoms with van der Waals surface area (Å²) in [7, 11) is 1.43. The van der Waals surface area contributed by atoms with Crippen molar-refractivity contribution >= 4 is 9.24 Å². The summed E-state index contributed by atoms with van der Waals surface area (Å²) in [5, 5.41) is 8.58. The van der Waals surface area contributed by atoms with Gasteiger partial charge in [0.15, 0.2) is 0 Å². The maximum absolute atomic E-state index is 12.9. The van der Waals surface area contributed by atoms with E-state index in [9.17, 15) is 8.78 Å². The largest absolute Gasteiger partial charge is 0.285 e. The Labute approximate surface area is 77.6 Å². The number of alkyl halides is 2. The zero-order valence-corrected chi connectivity index (χ0v) is 8.17. The second-order valence-electron chi connectivity index (χ2n) is 2.78. The molecule has 4 heteroatoms. The van der Waals surface area contributed by atoms with E-state index in [-0.39, 0.29) is 11.1 Å². The highest BCUT2D eigenvalue weighted by Gasteiger charge is 2.27. The number of nitriles is 1. The van der Waals surface area contributed by atoms with E-state index in [0.717, 1.165) is 5.56 Å². The summed E-state index contributed by atoms with van der Waals surface area (Å²) in [5.41, 5.74) is -2.53. The number of benzene rings is 1. The van der Waals surface area contributed by atoms with E-state index >= 15 is 0 Å². The average Bonchev–Trinajstić information content (AvgIpc) is 2.03. The molecular formula is C9H8F2NP. The number of halogens is 2. The Morgan fingerprint density at radius 3 is 2.54 bits per heavy atom. The van der Waals surface area contributed by atoms with E-state index in [0.29, 0.717) is 0 Å². The summed E-state index contributed by atoms with van der Waals surface area (Å²) in [6.45, 7) is 1.71. The van der Waals surface area contributed by atoms with Gasteiger partial charge in [-0.05, 0) is 19.1 Å². The third-order valence-corrected chi connectivity index (χ3v) is 1.97. The summed E-state index contributed by atoms with van der Waals surface area (Å²) < 4.78 is 25.8. The molecule has 1 nitrogen and oxygen atoms in total. The SMILES string of the molecule is Cc1ccc(C#N)c(C(F)(F)P)c1. The molecule has 1 rings (SSSR count). The Hall–Kier alpha value is -1.00. The minimum absolute atomic E-state index is 0.0191. The summed E-state index contributed by atoms with van der Waals surface area (Å²) in [5.74, 6) is 0. The molecule has 0 aliphatic heterocycles.